The quantitative estimate of drug-likeness (QED) is 0.577. The van der Waals surface area contributed by atoms with Gasteiger partial charge in [0, 0.05) is 31.1 Å². The fraction of sp³-hybridized carbons (Fsp3) is 0.600. The molecule has 0 radical (unpaired) electrons. The molecule has 0 unspecified atom stereocenters. The average Bonchev–Trinajstić information content (AvgIpc) is 3.37. The van der Waals surface area contributed by atoms with Crippen LogP contribution < -0.4 is 0 Å². The molecule has 4 atom stereocenters. The van der Waals surface area contributed by atoms with Gasteiger partial charge < -0.3 is 24.4 Å². The highest BCUT2D eigenvalue weighted by molar-refractivity contribution is 5.94. The van der Waals surface area contributed by atoms with Crippen LogP contribution in [0.3, 0.4) is 0 Å². The van der Waals surface area contributed by atoms with E-state index in [-0.39, 0.29) is 18.0 Å². The van der Waals surface area contributed by atoms with Gasteiger partial charge in [-0.05, 0) is 39.1 Å². The normalized spacial score (nSPS) is 29.2. The van der Waals surface area contributed by atoms with Crippen molar-refractivity contribution < 1.29 is 29.0 Å². The van der Waals surface area contributed by atoms with E-state index in [4.69, 9.17) is 14.6 Å². The minimum atomic E-state index is -0.456. The largest absolute Gasteiger partial charge is 0.483 e. The van der Waals surface area contributed by atoms with E-state index >= 15 is 0 Å². The van der Waals surface area contributed by atoms with Crippen molar-refractivity contribution in [3.63, 3.8) is 0 Å². The van der Waals surface area contributed by atoms with Crippen molar-refractivity contribution in [1.82, 2.24) is 14.8 Å². The van der Waals surface area contributed by atoms with Gasteiger partial charge in [0.25, 0.3) is 12.4 Å². The molecule has 0 saturated carbocycles. The number of nitrogens with zero attached hydrogens (tertiary/aromatic N) is 3. The summed E-state index contributed by atoms with van der Waals surface area (Å²) in [6.45, 7) is 2.09. The summed E-state index contributed by atoms with van der Waals surface area (Å²) in [7, 11) is 5.50. The molecular formula is C20H27N3O6. The maximum absolute atomic E-state index is 12.9. The number of ether oxygens (including phenoxy) is 2. The molecule has 0 aromatic carbocycles. The first-order valence-corrected chi connectivity index (χ1v) is 9.59. The number of pyridine rings is 1. The Labute approximate surface area is 169 Å². The van der Waals surface area contributed by atoms with Crippen LogP contribution in [0.2, 0.25) is 0 Å². The maximum Gasteiger partial charge on any atom is 0.339 e. The molecule has 9 nitrogen and oxygen atoms in total. The number of carbonyl (C=O) groups excluding carboxylic acids is 2. The number of rotatable bonds is 4. The standard InChI is InChI=1S/C19H25N3O4.CH2O2/c1-21(2)9-13-14-10-22(11-19(14)7-6-16(13)26-19)17(23)15-5-4-12(8-20-15)18(24)25-3;2-1-3/h4-5,8,13-14,16H,6-7,9-11H2,1-3H3;1H,(H,2,3)/t13-,14+,16+,19+;/m1./s1. The molecule has 1 aromatic rings. The molecule has 9 heteroatoms. The summed E-state index contributed by atoms with van der Waals surface area (Å²) in [5, 5.41) is 6.89. The number of esters is 1. The first kappa shape index (κ1) is 21.2. The summed E-state index contributed by atoms with van der Waals surface area (Å²) in [6.07, 6.45) is 3.84. The second kappa shape index (κ2) is 8.46. The molecular weight excluding hydrogens is 378 g/mol. The summed E-state index contributed by atoms with van der Waals surface area (Å²) in [5.74, 6) is 0.317. The van der Waals surface area contributed by atoms with Crippen LogP contribution in [0.15, 0.2) is 18.3 Å². The Morgan fingerprint density at radius 3 is 2.76 bits per heavy atom. The topological polar surface area (TPSA) is 109 Å². The van der Waals surface area contributed by atoms with Gasteiger partial charge in [0.05, 0.1) is 30.9 Å². The van der Waals surface area contributed by atoms with Gasteiger partial charge in [-0.2, -0.15) is 0 Å². The lowest BCUT2D eigenvalue weighted by molar-refractivity contribution is -0.122. The van der Waals surface area contributed by atoms with E-state index in [1.165, 1.54) is 13.3 Å². The maximum atomic E-state index is 12.9. The Kier molecular flexibility index (Phi) is 6.18. The lowest BCUT2D eigenvalue weighted by atomic mass is 9.73. The molecule has 3 fully saturated rings. The van der Waals surface area contributed by atoms with Crippen LogP contribution in [0.1, 0.15) is 33.7 Å². The summed E-state index contributed by atoms with van der Waals surface area (Å²) in [6, 6.07) is 3.17. The Morgan fingerprint density at radius 2 is 2.17 bits per heavy atom. The molecule has 3 aliphatic rings. The smallest absolute Gasteiger partial charge is 0.339 e. The van der Waals surface area contributed by atoms with E-state index in [1.807, 2.05) is 4.90 Å². The van der Waals surface area contributed by atoms with Crippen molar-refractivity contribution in [3.05, 3.63) is 29.6 Å². The minimum Gasteiger partial charge on any atom is -0.483 e. The highest BCUT2D eigenvalue weighted by Gasteiger charge is 2.63. The van der Waals surface area contributed by atoms with Crippen molar-refractivity contribution in [2.24, 2.45) is 11.8 Å². The number of methoxy groups -OCH3 is 1. The summed E-state index contributed by atoms with van der Waals surface area (Å²) in [5.41, 5.74) is 0.522. The second-order valence-electron chi connectivity index (χ2n) is 8.01. The first-order chi connectivity index (χ1) is 13.8. The molecule has 1 spiro atoms. The first-order valence-electron chi connectivity index (χ1n) is 9.59. The van der Waals surface area contributed by atoms with E-state index in [1.54, 1.807) is 12.1 Å². The molecule has 2 bridgehead atoms. The molecule has 3 aliphatic heterocycles. The molecule has 158 valence electrons. The summed E-state index contributed by atoms with van der Waals surface area (Å²) >= 11 is 0. The molecule has 29 heavy (non-hydrogen) atoms. The zero-order valence-electron chi connectivity index (χ0n) is 16.9. The van der Waals surface area contributed by atoms with E-state index < -0.39 is 5.97 Å². The molecule has 3 saturated heterocycles. The van der Waals surface area contributed by atoms with Gasteiger partial charge in [-0.3, -0.25) is 14.6 Å². The van der Waals surface area contributed by atoms with E-state index in [2.05, 4.69) is 28.7 Å². The Hall–Kier alpha value is -2.52. The predicted octanol–water partition coefficient (Wildman–Crippen LogP) is 0.750. The van der Waals surface area contributed by atoms with Crippen molar-refractivity contribution in [2.75, 3.05) is 40.8 Å². The minimum absolute atomic E-state index is 0.0964. The number of hydrogen-bond donors (Lipinski definition) is 1. The van der Waals surface area contributed by atoms with Gasteiger partial charge in [-0.1, -0.05) is 0 Å². The zero-order valence-corrected chi connectivity index (χ0v) is 16.9. The SMILES string of the molecule is COC(=O)c1ccc(C(=O)N2C[C@H]3[C@@H](CN(C)C)[C@@H]4CC[C@@]3(C2)O4)nc1.O=CO. The van der Waals surface area contributed by atoms with E-state index in [0.717, 1.165) is 19.4 Å². The van der Waals surface area contributed by atoms with Gasteiger partial charge in [-0.15, -0.1) is 0 Å². The van der Waals surface area contributed by atoms with E-state index in [9.17, 15) is 9.59 Å². The molecule has 1 N–H and O–H groups in total. The molecule has 4 heterocycles. The molecule has 4 rings (SSSR count). The van der Waals surface area contributed by atoms with Gasteiger partial charge in [-0.25, -0.2) is 4.79 Å². The fourth-order valence-corrected chi connectivity index (χ4v) is 4.93. The zero-order chi connectivity index (χ0) is 21.2. The van der Waals surface area contributed by atoms with Crippen LogP contribution in [0, 0.1) is 11.8 Å². The molecule has 0 aliphatic carbocycles. The lowest BCUT2D eigenvalue weighted by Gasteiger charge is -2.30. The molecule has 1 aromatic heterocycles. The average molecular weight is 405 g/mol. The van der Waals surface area contributed by atoms with Crippen LogP contribution in [0.4, 0.5) is 0 Å². The van der Waals surface area contributed by atoms with Gasteiger partial charge >= 0.3 is 5.97 Å². The Bertz CT molecular complexity index is 768. The van der Waals surface area contributed by atoms with Crippen LogP contribution in [-0.4, -0.2) is 90.8 Å². The third-order valence-corrected chi connectivity index (χ3v) is 6.05. The van der Waals surface area contributed by atoms with Gasteiger partial charge in [0.1, 0.15) is 5.69 Å². The molecule has 1 amide bonds. The lowest BCUT2D eigenvalue weighted by Crippen LogP contribution is -2.40. The highest BCUT2D eigenvalue weighted by Crippen LogP contribution is 2.55. The van der Waals surface area contributed by atoms with Crippen LogP contribution >= 0.6 is 0 Å². The van der Waals surface area contributed by atoms with Crippen molar-refractivity contribution in [1.29, 1.82) is 0 Å². The van der Waals surface area contributed by atoms with Crippen LogP contribution in [0.5, 0.6) is 0 Å². The fourth-order valence-electron chi connectivity index (χ4n) is 4.93. The number of carboxylic acid groups (broad SMARTS) is 1. The van der Waals surface area contributed by atoms with Crippen molar-refractivity contribution >= 4 is 18.3 Å². The number of aromatic nitrogens is 1. The third kappa shape index (κ3) is 3.97. The van der Waals surface area contributed by atoms with Gasteiger partial charge in [0.2, 0.25) is 0 Å². The summed E-state index contributed by atoms with van der Waals surface area (Å²) < 4.78 is 11.0. The summed E-state index contributed by atoms with van der Waals surface area (Å²) in [4.78, 5) is 41.0. The van der Waals surface area contributed by atoms with Crippen LogP contribution in [-0.2, 0) is 14.3 Å². The van der Waals surface area contributed by atoms with Crippen LogP contribution in [0.25, 0.3) is 0 Å². The Balaban J connectivity index is 0.000000755. The number of likely N-dealkylation sites (tertiary alicyclic amines) is 1. The predicted molar refractivity (Wildman–Crippen MR) is 103 cm³/mol. The van der Waals surface area contributed by atoms with Crippen molar-refractivity contribution in [3.8, 4) is 0 Å². The number of hydrogen-bond acceptors (Lipinski definition) is 7. The van der Waals surface area contributed by atoms with Gasteiger partial charge in [0.15, 0.2) is 0 Å². The third-order valence-electron chi connectivity index (χ3n) is 6.05. The van der Waals surface area contributed by atoms with E-state index in [0.29, 0.717) is 42.3 Å². The number of amides is 1. The Morgan fingerprint density at radius 1 is 1.45 bits per heavy atom. The second-order valence-corrected chi connectivity index (χ2v) is 8.01. The number of carbonyl (C=O) groups is 3. The monoisotopic (exact) mass is 405 g/mol. The highest BCUT2D eigenvalue weighted by atomic mass is 16.5. The van der Waals surface area contributed by atoms with Crippen molar-refractivity contribution in [2.45, 2.75) is 24.5 Å². The number of fused-ring (bicyclic) bond motifs is 1.